The zero-order valence-corrected chi connectivity index (χ0v) is 14.1. The van der Waals surface area contributed by atoms with Crippen LogP contribution in [-0.4, -0.2) is 43.1 Å². The molecule has 114 valence electrons. The highest BCUT2D eigenvalue weighted by atomic mass is 28.4. The number of carbonyl (C=O) groups excluding carboxylic acids is 1. The van der Waals surface area contributed by atoms with Gasteiger partial charge in [0.1, 0.15) is 12.2 Å². The average Bonchev–Trinajstić information content (AvgIpc) is 2.73. The fraction of sp³-hybridized carbons (Fsp3) is 0.800. The standard InChI is InChI=1S/C15H26O4Si/c1-7-8-15-11(16)9-10(18-15)12(13(15)17)19-20(5,6)14(2,3)4/h7,10,12-13,17H,1,8-9H2,2-6H3/t10-,12-,13+,15+/m0/s1. The van der Waals surface area contributed by atoms with Crippen molar-refractivity contribution in [2.75, 3.05) is 0 Å². The van der Waals surface area contributed by atoms with Gasteiger partial charge in [-0.2, -0.15) is 0 Å². The monoisotopic (exact) mass is 298 g/mol. The summed E-state index contributed by atoms with van der Waals surface area (Å²) in [5.41, 5.74) is -1.11. The van der Waals surface area contributed by atoms with Gasteiger partial charge < -0.3 is 14.3 Å². The van der Waals surface area contributed by atoms with E-state index in [1.165, 1.54) is 0 Å². The van der Waals surface area contributed by atoms with Crippen molar-refractivity contribution in [3.05, 3.63) is 12.7 Å². The van der Waals surface area contributed by atoms with Crippen molar-refractivity contribution in [2.45, 2.75) is 75.7 Å². The first-order valence-corrected chi connectivity index (χ1v) is 10.1. The summed E-state index contributed by atoms with van der Waals surface area (Å²) >= 11 is 0. The van der Waals surface area contributed by atoms with Crippen LogP contribution < -0.4 is 0 Å². The maximum absolute atomic E-state index is 12.1. The molecule has 0 aromatic rings. The largest absolute Gasteiger partial charge is 0.408 e. The third kappa shape index (κ3) is 2.21. The number of fused-ring (bicyclic) bond motifs is 2. The number of carbonyl (C=O) groups is 1. The summed E-state index contributed by atoms with van der Waals surface area (Å²) in [5.74, 6) is -0.0232. The summed E-state index contributed by atoms with van der Waals surface area (Å²) in [7, 11) is -2.00. The van der Waals surface area contributed by atoms with E-state index < -0.39 is 26.1 Å². The molecule has 5 heteroatoms. The smallest absolute Gasteiger partial charge is 0.192 e. The van der Waals surface area contributed by atoms with Crippen LogP contribution in [0.25, 0.3) is 0 Å². The topological polar surface area (TPSA) is 55.8 Å². The van der Waals surface area contributed by atoms with E-state index in [-0.39, 0.29) is 16.9 Å². The molecule has 1 N–H and O–H groups in total. The van der Waals surface area contributed by atoms with Crippen LogP contribution in [0.15, 0.2) is 12.7 Å². The third-order valence-electron chi connectivity index (χ3n) is 5.06. The number of ketones is 1. The van der Waals surface area contributed by atoms with E-state index >= 15 is 0 Å². The molecule has 2 rings (SSSR count). The fourth-order valence-corrected chi connectivity index (χ4v) is 4.09. The van der Waals surface area contributed by atoms with Gasteiger partial charge in [-0.15, -0.1) is 6.58 Å². The summed E-state index contributed by atoms with van der Waals surface area (Å²) in [6.07, 6.45) is 0.726. The molecule has 0 radical (unpaired) electrons. The number of aliphatic hydroxyl groups excluding tert-OH is 1. The Morgan fingerprint density at radius 2 is 2.15 bits per heavy atom. The molecule has 4 atom stereocenters. The van der Waals surface area contributed by atoms with Crippen molar-refractivity contribution in [1.29, 1.82) is 0 Å². The molecule has 0 saturated carbocycles. The van der Waals surface area contributed by atoms with Crippen LogP contribution in [0.4, 0.5) is 0 Å². The molecule has 2 aliphatic rings. The van der Waals surface area contributed by atoms with Crippen molar-refractivity contribution >= 4 is 14.1 Å². The highest BCUT2D eigenvalue weighted by Gasteiger charge is 2.65. The van der Waals surface area contributed by atoms with E-state index in [2.05, 4.69) is 40.4 Å². The zero-order valence-electron chi connectivity index (χ0n) is 13.1. The third-order valence-corrected chi connectivity index (χ3v) is 9.53. The van der Waals surface area contributed by atoms with Crippen molar-refractivity contribution in [3.63, 3.8) is 0 Å². The molecule has 2 fully saturated rings. The second-order valence-electron chi connectivity index (χ2n) is 7.45. The zero-order chi connectivity index (χ0) is 15.3. The van der Waals surface area contributed by atoms with Crippen LogP contribution in [0.5, 0.6) is 0 Å². The lowest BCUT2D eigenvalue weighted by atomic mass is 9.81. The molecule has 0 aliphatic carbocycles. The summed E-state index contributed by atoms with van der Waals surface area (Å²) in [4.78, 5) is 12.1. The maximum Gasteiger partial charge on any atom is 0.192 e. The van der Waals surface area contributed by atoms with Gasteiger partial charge in [-0.1, -0.05) is 26.8 Å². The quantitative estimate of drug-likeness (QED) is 0.640. The lowest BCUT2D eigenvalue weighted by molar-refractivity contribution is -0.139. The number of hydrogen-bond donors (Lipinski definition) is 1. The first kappa shape index (κ1) is 15.9. The molecule has 0 aromatic heterocycles. The Bertz CT molecular complexity index is 426. The molecular formula is C15H26O4Si. The van der Waals surface area contributed by atoms with Crippen LogP contribution in [0.1, 0.15) is 33.6 Å². The molecule has 4 nitrogen and oxygen atoms in total. The Labute approximate surface area is 122 Å². The normalized spacial score (nSPS) is 37.5. The van der Waals surface area contributed by atoms with E-state index in [9.17, 15) is 9.90 Å². The SMILES string of the molecule is C=CC[C@@]12O[C@@H](CC1=O)[C@H](O[Si](C)(C)C(C)(C)C)[C@H]2O. The van der Waals surface area contributed by atoms with Crippen LogP contribution in [0.2, 0.25) is 18.1 Å². The minimum absolute atomic E-state index is 0.0232. The fourth-order valence-electron chi connectivity index (χ4n) is 2.77. The summed E-state index contributed by atoms with van der Waals surface area (Å²) < 4.78 is 12.1. The van der Waals surface area contributed by atoms with Gasteiger partial charge in [0, 0.05) is 12.8 Å². The number of Topliss-reactive ketones (excluding diaryl/α,β-unsaturated/α-hetero) is 1. The molecule has 2 bridgehead atoms. The van der Waals surface area contributed by atoms with Crippen molar-refractivity contribution < 1.29 is 19.1 Å². The molecule has 0 spiro atoms. The van der Waals surface area contributed by atoms with Crippen LogP contribution in [0.3, 0.4) is 0 Å². The van der Waals surface area contributed by atoms with Gasteiger partial charge in [-0.25, -0.2) is 0 Å². The van der Waals surface area contributed by atoms with Gasteiger partial charge in [0.05, 0.1) is 6.10 Å². The first-order chi connectivity index (χ1) is 9.05. The van der Waals surface area contributed by atoms with Gasteiger partial charge in [-0.05, 0) is 18.1 Å². The highest BCUT2D eigenvalue weighted by Crippen LogP contribution is 2.48. The number of hydrogen-bond acceptors (Lipinski definition) is 4. The summed E-state index contributed by atoms with van der Waals surface area (Å²) in [6.45, 7) is 14.4. The minimum atomic E-state index is -2.00. The number of aliphatic hydroxyl groups is 1. The summed E-state index contributed by atoms with van der Waals surface area (Å²) in [6, 6.07) is 0. The molecule has 0 unspecified atom stereocenters. The Kier molecular flexibility index (Phi) is 3.78. The highest BCUT2D eigenvalue weighted by molar-refractivity contribution is 6.74. The molecule has 2 heterocycles. The lowest BCUT2D eigenvalue weighted by Crippen LogP contribution is -2.56. The van der Waals surface area contributed by atoms with Gasteiger partial charge in [-0.3, -0.25) is 4.79 Å². The van der Waals surface area contributed by atoms with E-state index in [0.29, 0.717) is 12.8 Å². The van der Waals surface area contributed by atoms with Gasteiger partial charge >= 0.3 is 0 Å². The molecule has 2 saturated heterocycles. The van der Waals surface area contributed by atoms with E-state index in [1.807, 2.05) is 0 Å². The van der Waals surface area contributed by atoms with Crippen molar-refractivity contribution in [1.82, 2.24) is 0 Å². The van der Waals surface area contributed by atoms with E-state index in [4.69, 9.17) is 9.16 Å². The Morgan fingerprint density at radius 1 is 1.55 bits per heavy atom. The number of ether oxygens (including phenoxy) is 1. The first-order valence-electron chi connectivity index (χ1n) is 7.23. The lowest BCUT2D eigenvalue weighted by Gasteiger charge is -2.41. The van der Waals surface area contributed by atoms with Crippen LogP contribution >= 0.6 is 0 Å². The van der Waals surface area contributed by atoms with E-state index in [0.717, 1.165) is 0 Å². The molecule has 2 aliphatic heterocycles. The van der Waals surface area contributed by atoms with Crippen LogP contribution in [-0.2, 0) is 14.0 Å². The summed E-state index contributed by atoms with van der Waals surface area (Å²) in [5, 5.41) is 10.6. The Balaban J connectivity index is 2.21. The van der Waals surface area contributed by atoms with Gasteiger partial charge in [0.25, 0.3) is 0 Å². The average molecular weight is 298 g/mol. The van der Waals surface area contributed by atoms with Gasteiger partial charge in [0.2, 0.25) is 0 Å². The Morgan fingerprint density at radius 3 is 2.65 bits per heavy atom. The van der Waals surface area contributed by atoms with Crippen molar-refractivity contribution in [3.8, 4) is 0 Å². The van der Waals surface area contributed by atoms with Crippen molar-refractivity contribution in [2.24, 2.45) is 0 Å². The molecule has 0 amide bonds. The predicted octanol–water partition coefficient (Wildman–Crippen LogP) is 2.42. The molecular weight excluding hydrogens is 272 g/mol. The van der Waals surface area contributed by atoms with Gasteiger partial charge in [0.15, 0.2) is 19.7 Å². The van der Waals surface area contributed by atoms with E-state index in [1.54, 1.807) is 6.08 Å². The molecule has 0 aromatic carbocycles. The maximum atomic E-state index is 12.1. The number of rotatable bonds is 4. The minimum Gasteiger partial charge on any atom is -0.408 e. The van der Waals surface area contributed by atoms with Crippen LogP contribution in [0, 0.1) is 0 Å². The Hall–Kier alpha value is -0.493. The molecule has 20 heavy (non-hydrogen) atoms. The predicted molar refractivity (Wildman–Crippen MR) is 80.1 cm³/mol. The second-order valence-corrected chi connectivity index (χ2v) is 12.2. The second kappa shape index (κ2) is 4.76.